The normalized spacial score (nSPS) is 10.8. The standard InChI is InChI=1S/C19H12Cl2N4O/c20-12-5-7-13(8-6-12)23-19(26)18-17(14-3-1-2-4-15(14)21)24-16-9-10-22-11-25(16)18/h1-11H,(H,23,26). The van der Waals surface area contributed by atoms with E-state index in [2.05, 4.69) is 15.3 Å². The number of amides is 1. The second-order valence-corrected chi connectivity index (χ2v) is 6.40. The van der Waals surface area contributed by atoms with Crippen molar-refractivity contribution in [3.63, 3.8) is 0 Å². The summed E-state index contributed by atoms with van der Waals surface area (Å²) in [5.74, 6) is -0.317. The molecule has 0 saturated carbocycles. The highest BCUT2D eigenvalue weighted by Gasteiger charge is 2.22. The van der Waals surface area contributed by atoms with Gasteiger partial charge in [0.15, 0.2) is 0 Å². The van der Waals surface area contributed by atoms with Crippen LogP contribution in [0.2, 0.25) is 10.0 Å². The minimum Gasteiger partial charge on any atom is -0.321 e. The van der Waals surface area contributed by atoms with Crippen LogP contribution in [0.4, 0.5) is 5.69 Å². The number of aromatic nitrogens is 3. The van der Waals surface area contributed by atoms with Crippen LogP contribution < -0.4 is 5.32 Å². The van der Waals surface area contributed by atoms with Crippen LogP contribution in [-0.2, 0) is 0 Å². The van der Waals surface area contributed by atoms with Gasteiger partial charge in [0.05, 0.1) is 5.02 Å². The van der Waals surface area contributed by atoms with E-state index in [0.29, 0.717) is 38.3 Å². The molecule has 1 N–H and O–H groups in total. The van der Waals surface area contributed by atoms with Crippen LogP contribution in [0.3, 0.4) is 0 Å². The highest BCUT2D eigenvalue weighted by Crippen LogP contribution is 2.30. The van der Waals surface area contributed by atoms with Crippen molar-refractivity contribution in [1.82, 2.24) is 14.4 Å². The summed E-state index contributed by atoms with van der Waals surface area (Å²) in [5, 5.41) is 3.98. The number of hydrogen-bond acceptors (Lipinski definition) is 3. The van der Waals surface area contributed by atoms with Gasteiger partial charge < -0.3 is 5.32 Å². The number of anilines is 1. The molecule has 0 radical (unpaired) electrons. The number of halogens is 2. The smallest absolute Gasteiger partial charge is 0.275 e. The molecule has 0 aliphatic rings. The van der Waals surface area contributed by atoms with Crippen molar-refractivity contribution < 1.29 is 4.79 Å². The van der Waals surface area contributed by atoms with E-state index in [1.807, 2.05) is 18.2 Å². The van der Waals surface area contributed by atoms with Crippen LogP contribution in [0.25, 0.3) is 16.9 Å². The predicted octanol–water partition coefficient (Wildman–Crippen LogP) is 4.96. The number of imidazole rings is 1. The van der Waals surface area contributed by atoms with Crippen molar-refractivity contribution in [2.24, 2.45) is 0 Å². The van der Waals surface area contributed by atoms with Gasteiger partial charge >= 0.3 is 0 Å². The monoisotopic (exact) mass is 382 g/mol. The summed E-state index contributed by atoms with van der Waals surface area (Å²) < 4.78 is 1.64. The lowest BCUT2D eigenvalue weighted by Crippen LogP contribution is -2.15. The number of rotatable bonds is 3. The van der Waals surface area contributed by atoms with Gasteiger partial charge in [-0.15, -0.1) is 0 Å². The summed E-state index contributed by atoms with van der Waals surface area (Å²) in [6.07, 6.45) is 3.18. The number of carbonyl (C=O) groups is 1. The van der Waals surface area contributed by atoms with Gasteiger partial charge in [-0.25, -0.2) is 9.97 Å². The molecule has 0 aliphatic heterocycles. The highest BCUT2D eigenvalue weighted by atomic mass is 35.5. The number of nitrogens with zero attached hydrogens (tertiary/aromatic N) is 3. The van der Waals surface area contributed by atoms with Crippen LogP contribution >= 0.6 is 23.2 Å². The molecule has 0 spiro atoms. The minimum absolute atomic E-state index is 0.317. The topological polar surface area (TPSA) is 59.3 Å². The Bertz CT molecular complexity index is 1110. The lowest BCUT2D eigenvalue weighted by molar-refractivity contribution is 0.102. The fourth-order valence-corrected chi connectivity index (χ4v) is 3.03. The van der Waals surface area contributed by atoms with E-state index < -0.39 is 0 Å². The third-order valence-corrected chi connectivity index (χ3v) is 4.46. The van der Waals surface area contributed by atoms with Gasteiger partial charge in [0, 0.05) is 22.5 Å². The third-order valence-electron chi connectivity index (χ3n) is 3.88. The summed E-state index contributed by atoms with van der Waals surface area (Å²) in [4.78, 5) is 21.7. The molecule has 4 aromatic rings. The molecule has 0 bridgehead atoms. The molecule has 128 valence electrons. The molecule has 26 heavy (non-hydrogen) atoms. The zero-order valence-corrected chi connectivity index (χ0v) is 14.9. The molecule has 5 nitrogen and oxygen atoms in total. The van der Waals surface area contributed by atoms with Gasteiger partial charge in [-0.3, -0.25) is 9.20 Å². The van der Waals surface area contributed by atoms with Crippen LogP contribution in [0, 0.1) is 0 Å². The van der Waals surface area contributed by atoms with Crippen molar-refractivity contribution in [2.75, 3.05) is 5.32 Å². The van der Waals surface area contributed by atoms with Gasteiger partial charge in [-0.1, -0.05) is 41.4 Å². The summed E-state index contributed by atoms with van der Waals surface area (Å²) in [5.41, 5.74) is 2.77. The van der Waals surface area contributed by atoms with Gasteiger partial charge in [-0.2, -0.15) is 0 Å². The lowest BCUT2D eigenvalue weighted by atomic mass is 10.1. The maximum absolute atomic E-state index is 13.0. The number of nitrogens with one attached hydrogen (secondary N) is 1. The van der Waals surface area contributed by atoms with Crippen molar-refractivity contribution >= 4 is 40.4 Å². The first kappa shape index (κ1) is 16.6. The van der Waals surface area contributed by atoms with Crippen molar-refractivity contribution in [3.05, 3.63) is 82.9 Å². The molecule has 4 rings (SSSR count). The minimum atomic E-state index is -0.317. The van der Waals surface area contributed by atoms with Gasteiger partial charge in [0.2, 0.25) is 0 Å². The first-order valence-corrected chi connectivity index (χ1v) is 8.53. The lowest BCUT2D eigenvalue weighted by Gasteiger charge is -2.08. The maximum Gasteiger partial charge on any atom is 0.275 e. The molecule has 0 fully saturated rings. The quantitative estimate of drug-likeness (QED) is 0.544. The summed E-state index contributed by atoms with van der Waals surface area (Å²) in [6, 6.07) is 15.9. The fraction of sp³-hybridized carbons (Fsp3) is 0. The van der Waals surface area contributed by atoms with E-state index in [4.69, 9.17) is 23.2 Å². The highest BCUT2D eigenvalue weighted by molar-refractivity contribution is 6.33. The second-order valence-electron chi connectivity index (χ2n) is 5.56. The summed E-state index contributed by atoms with van der Waals surface area (Å²) in [6.45, 7) is 0. The Hall–Kier alpha value is -2.89. The molecule has 0 aliphatic carbocycles. The van der Waals surface area contributed by atoms with Gasteiger partial charge in [-0.05, 0) is 36.4 Å². The van der Waals surface area contributed by atoms with E-state index in [-0.39, 0.29) is 5.91 Å². The Balaban J connectivity index is 1.85. The molecule has 2 aromatic heterocycles. The Kier molecular flexibility index (Phi) is 4.32. The van der Waals surface area contributed by atoms with E-state index >= 15 is 0 Å². The number of hydrogen-bond donors (Lipinski definition) is 1. The molecule has 7 heteroatoms. The van der Waals surface area contributed by atoms with Gasteiger partial charge in [0.1, 0.15) is 23.4 Å². The second kappa shape index (κ2) is 6.78. The van der Waals surface area contributed by atoms with E-state index in [1.54, 1.807) is 53.3 Å². The largest absolute Gasteiger partial charge is 0.321 e. The molecule has 0 saturated heterocycles. The number of carbonyl (C=O) groups excluding carboxylic acids is 1. The maximum atomic E-state index is 13.0. The third kappa shape index (κ3) is 3.03. The Labute approximate surface area is 159 Å². The predicted molar refractivity (Wildman–Crippen MR) is 103 cm³/mol. The van der Waals surface area contributed by atoms with Crippen LogP contribution in [0.5, 0.6) is 0 Å². The van der Waals surface area contributed by atoms with E-state index in [1.165, 1.54) is 0 Å². The molecule has 0 atom stereocenters. The average Bonchev–Trinajstić information content (AvgIpc) is 3.03. The van der Waals surface area contributed by atoms with Crippen LogP contribution in [-0.4, -0.2) is 20.3 Å². The van der Waals surface area contributed by atoms with E-state index in [0.717, 1.165) is 0 Å². The summed E-state index contributed by atoms with van der Waals surface area (Å²) >= 11 is 12.2. The first-order valence-electron chi connectivity index (χ1n) is 7.77. The van der Waals surface area contributed by atoms with E-state index in [9.17, 15) is 4.79 Å². The molecule has 1 amide bonds. The average molecular weight is 383 g/mol. The van der Waals surface area contributed by atoms with Crippen molar-refractivity contribution in [1.29, 1.82) is 0 Å². The molecule has 0 unspecified atom stereocenters. The molecule has 2 heterocycles. The number of fused-ring (bicyclic) bond motifs is 1. The Morgan fingerprint density at radius 1 is 1.00 bits per heavy atom. The SMILES string of the molecule is O=C(Nc1ccc(Cl)cc1)c1c(-c2ccccc2Cl)nc2ccncn12. The van der Waals surface area contributed by atoms with Crippen LogP contribution in [0.15, 0.2) is 67.1 Å². The summed E-state index contributed by atoms with van der Waals surface area (Å²) in [7, 11) is 0. The number of benzene rings is 2. The fourth-order valence-electron chi connectivity index (χ4n) is 2.68. The Morgan fingerprint density at radius 2 is 1.77 bits per heavy atom. The first-order chi connectivity index (χ1) is 12.6. The van der Waals surface area contributed by atoms with Crippen molar-refractivity contribution in [2.45, 2.75) is 0 Å². The Morgan fingerprint density at radius 3 is 2.54 bits per heavy atom. The molecular formula is C19H12Cl2N4O. The zero-order valence-electron chi connectivity index (χ0n) is 13.4. The van der Waals surface area contributed by atoms with Crippen molar-refractivity contribution in [3.8, 4) is 11.3 Å². The van der Waals surface area contributed by atoms with Crippen LogP contribution in [0.1, 0.15) is 10.5 Å². The molecular weight excluding hydrogens is 371 g/mol. The van der Waals surface area contributed by atoms with Gasteiger partial charge in [0.25, 0.3) is 5.91 Å². The zero-order chi connectivity index (χ0) is 18.1. The molecule has 2 aromatic carbocycles.